The van der Waals surface area contributed by atoms with Gasteiger partial charge < -0.3 is 19.0 Å². The van der Waals surface area contributed by atoms with Crippen LogP contribution in [-0.2, 0) is 31.5 Å². The fourth-order valence-electron chi connectivity index (χ4n) is 6.32. The minimum absolute atomic E-state index is 0.0158. The molecule has 5 rings (SSSR count). The average molecular weight is 629 g/mol. The summed E-state index contributed by atoms with van der Waals surface area (Å²) in [5.74, 6) is -0.818. The third-order valence-corrected chi connectivity index (χ3v) is 13.9. The van der Waals surface area contributed by atoms with Gasteiger partial charge in [-0.05, 0) is 45.4 Å². The van der Waals surface area contributed by atoms with Crippen LogP contribution in [0.15, 0.2) is 109 Å². The van der Waals surface area contributed by atoms with Crippen LogP contribution < -0.4 is 10.4 Å². The van der Waals surface area contributed by atoms with Gasteiger partial charge in [0.1, 0.15) is 0 Å². The van der Waals surface area contributed by atoms with E-state index < -0.39 is 20.6 Å². The molecule has 1 N–H and O–H groups in total. The Balaban J connectivity index is 1.50. The molecule has 0 aliphatic carbocycles. The van der Waals surface area contributed by atoms with E-state index in [-0.39, 0.29) is 23.5 Å². The number of carboxylic acid groups (broad SMARTS) is 1. The lowest BCUT2D eigenvalue weighted by Crippen LogP contribution is -2.67. The van der Waals surface area contributed by atoms with Gasteiger partial charge >= 0.3 is 5.97 Å². The molecule has 1 aliphatic heterocycles. The maximum absolute atomic E-state index is 11.4. The molecule has 4 aromatic carbocycles. The molecule has 0 spiro atoms. The number of aryl methyl sites for hydroxylation is 1. The average Bonchev–Trinajstić information content (AvgIpc) is 3.02. The van der Waals surface area contributed by atoms with Crippen molar-refractivity contribution in [3.8, 4) is 0 Å². The van der Waals surface area contributed by atoms with E-state index >= 15 is 0 Å². The Bertz CT molecular complexity index is 1480. The molecular formula is C37H41ClO5Si. The van der Waals surface area contributed by atoms with Crippen LogP contribution in [0.3, 0.4) is 0 Å². The van der Waals surface area contributed by atoms with Crippen LogP contribution >= 0.6 is 11.6 Å². The summed E-state index contributed by atoms with van der Waals surface area (Å²) in [6.45, 7) is 7.64. The lowest BCUT2D eigenvalue weighted by molar-refractivity contribution is -0.246. The summed E-state index contributed by atoms with van der Waals surface area (Å²) in [6, 6.07) is 36.9. The molecule has 1 aliphatic rings. The Morgan fingerprint density at radius 2 is 1.43 bits per heavy atom. The lowest BCUT2D eigenvalue weighted by atomic mass is 9.90. The molecule has 1 fully saturated rings. The van der Waals surface area contributed by atoms with Crippen molar-refractivity contribution in [1.29, 1.82) is 0 Å². The quantitative estimate of drug-likeness (QED) is 0.178. The van der Waals surface area contributed by atoms with Crippen molar-refractivity contribution in [2.45, 2.75) is 57.5 Å². The zero-order valence-corrected chi connectivity index (χ0v) is 27.4. The Labute approximate surface area is 266 Å². The van der Waals surface area contributed by atoms with Gasteiger partial charge in [-0.2, -0.15) is 0 Å². The lowest BCUT2D eigenvalue weighted by Gasteiger charge is -2.45. The molecule has 3 atom stereocenters. The van der Waals surface area contributed by atoms with Crippen molar-refractivity contribution < 1.29 is 23.8 Å². The number of aliphatic carboxylic acids is 1. The van der Waals surface area contributed by atoms with Crippen LogP contribution in [0.1, 0.15) is 50.2 Å². The van der Waals surface area contributed by atoms with Crippen molar-refractivity contribution in [3.63, 3.8) is 0 Å². The second-order valence-corrected chi connectivity index (χ2v) is 17.2. The van der Waals surface area contributed by atoms with Gasteiger partial charge in [0.05, 0.1) is 19.3 Å². The normalized spacial score (nSPS) is 19.0. The maximum Gasteiger partial charge on any atom is 0.303 e. The van der Waals surface area contributed by atoms with Gasteiger partial charge in [0.25, 0.3) is 8.32 Å². The molecule has 0 bridgehead atoms. The molecule has 5 nitrogen and oxygen atoms in total. The van der Waals surface area contributed by atoms with Crippen LogP contribution in [0.2, 0.25) is 10.1 Å². The molecule has 0 saturated carbocycles. The number of carboxylic acids is 1. The maximum atomic E-state index is 11.4. The zero-order valence-electron chi connectivity index (χ0n) is 25.6. The SMILES string of the molecule is CC(C)(C)[Si](OC[C@H]1O[C@@H](c2ccccc2Cl)OC[C@H]1Cc1ccccc1CCC(=O)O)(c1ccccc1)c1ccccc1. The third-order valence-electron chi connectivity index (χ3n) is 8.53. The van der Waals surface area contributed by atoms with Crippen LogP contribution in [0.4, 0.5) is 0 Å². The first kappa shape index (κ1) is 32.1. The van der Waals surface area contributed by atoms with Crippen LogP contribution in [0, 0.1) is 5.92 Å². The molecule has 1 heterocycles. The van der Waals surface area contributed by atoms with E-state index in [0.29, 0.717) is 31.1 Å². The highest BCUT2D eigenvalue weighted by Gasteiger charge is 2.51. The van der Waals surface area contributed by atoms with Gasteiger partial charge in [-0.1, -0.05) is 136 Å². The van der Waals surface area contributed by atoms with E-state index in [4.69, 9.17) is 25.5 Å². The number of rotatable bonds is 11. The van der Waals surface area contributed by atoms with Gasteiger partial charge in [-0.3, -0.25) is 4.79 Å². The van der Waals surface area contributed by atoms with Crippen LogP contribution in [0.5, 0.6) is 0 Å². The second-order valence-electron chi connectivity index (χ2n) is 12.5. The number of halogens is 1. The molecular weight excluding hydrogens is 588 g/mol. The summed E-state index contributed by atoms with van der Waals surface area (Å²) >= 11 is 6.59. The Kier molecular flexibility index (Phi) is 10.4. The molecule has 230 valence electrons. The summed E-state index contributed by atoms with van der Waals surface area (Å²) in [5.41, 5.74) is 2.94. The fourth-order valence-corrected chi connectivity index (χ4v) is 11.1. The molecule has 4 aromatic rings. The van der Waals surface area contributed by atoms with Gasteiger partial charge in [0, 0.05) is 22.9 Å². The minimum Gasteiger partial charge on any atom is -0.481 e. The molecule has 0 radical (unpaired) electrons. The van der Waals surface area contributed by atoms with Gasteiger partial charge in [0.2, 0.25) is 0 Å². The van der Waals surface area contributed by atoms with E-state index in [1.807, 2.05) is 54.6 Å². The van der Waals surface area contributed by atoms with E-state index in [9.17, 15) is 9.90 Å². The van der Waals surface area contributed by atoms with Crippen molar-refractivity contribution in [1.82, 2.24) is 0 Å². The van der Waals surface area contributed by atoms with E-state index in [2.05, 4.69) is 75.4 Å². The second kappa shape index (κ2) is 14.2. The monoisotopic (exact) mass is 628 g/mol. The number of ether oxygens (including phenoxy) is 2. The number of hydrogen-bond acceptors (Lipinski definition) is 4. The summed E-state index contributed by atoms with van der Waals surface area (Å²) in [6.07, 6.45) is 0.337. The van der Waals surface area contributed by atoms with E-state index in [0.717, 1.165) is 16.7 Å². The fraction of sp³-hybridized carbons (Fsp3) is 0.324. The summed E-state index contributed by atoms with van der Waals surface area (Å²) in [7, 11) is -2.82. The summed E-state index contributed by atoms with van der Waals surface area (Å²) in [5, 5.41) is 12.2. The third kappa shape index (κ3) is 7.17. The standard InChI is InChI=1S/C37H41ClO5Si/c1-37(2,3)44(30-16-6-4-7-17-30,31-18-8-5-9-19-31)42-26-34-29(24-28-15-11-10-14-27(28)22-23-35(39)40)25-41-36(43-34)32-20-12-13-21-33(32)38/h4-21,29,34,36H,22-26H2,1-3H3,(H,39,40)/t29-,34-,36+/m1/s1. The molecule has 44 heavy (non-hydrogen) atoms. The summed E-state index contributed by atoms with van der Waals surface area (Å²) in [4.78, 5) is 11.4. The predicted molar refractivity (Wildman–Crippen MR) is 178 cm³/mol. The Morgan fingerprint density at radius 1 is 0.864 bits per heavy atom. The van der Waals surface area contributed by atoms with E-state index in [1.54, 1.807) is 0 Å². The van der Waals surface area contributed by atoms with E-state index in [1.165, 1.54) is 10.4 Å². The van der Waals surface area contributed by atoms with Crippen molar-refractivity contribution in [3.05, 3.63) is 131 Å². The van der Waals surface area contributed by atoms with Gasteiger partial charge in [-0.15, -0.1) is 0 Å². The zero-order chi connectivity index (χ0) is 31.2. The molecule has 7 heteroatoms. The van der Waals surface area contributed by atoms with Crippen molar-refractivity contribution in [2.24, 2.45) is 5.92 Å². The largest absolute Gasteiger partial charge is 0.481 e. The number of benzene rings is 4. The molecule has 1 saturated heterocycles. The first-order chi connectivity index (χ1) is 21.2. The minimum atomic E-state index is -2.82. The van der Waals surface area contributed by atoms with Crippen molar-refractivity contribution in [2.75, 3.05) is 13.2 Å². The molecule has 0 amide bonds. The predicted octanol–water partition coefficient (Wildman–Crippen LogP) is 7.21. The Morgan fingerprint density at radius 3 is 2.02 bits per heavy atom. The number of hydrogen-bond donors (Lipinski definition) is 1. The molecule has 0 aromatic heterocycles. The van der Waals surface area contributed by atoms with Gasteiger partial charge in [0.15, 0.2) is 6.29 Å². The molecule has 0 unspecified atom stereocenters. The number of carbonyl (C=O) groups is 1. The highest BCUT2D eigenvalue weighted by Crippen LogP contribution is 2.39. The first-order valence-electron chi connectivity index (χ1n) is 15.2. The van der Waals surface area contributed by atoms with Crippen molar-refractivity contribution >= 4 is 36.3 Å². The first-order valence-corrected chi connectivity index (χ1v) is 17.5. The highest BCUT2D eigenvalue weighted by molar-refractivity contribution is 6.99. The van der Waals surface area contributed by atoms with Crippen LogP contribution in [-0.4, -0.2) is 38.7 Å². The summed E-state index contributed by atoms with van der Waals surface area (Å²) < 4.78 is 20.4. The smallest absolute Gasteiger partial charge is 0.303 e. The highest BCUT2D eigenvalue weighted by atomic mass is 35.5. The van der Waals surface area contributed by atoms with Gasteiger partial charge in [-0.25, -0.2) is 0 Å². The Hall–Kier alpha value is -3.26. The van der Waals surface area contributed by atoms with Crippen LogP contribution in [0.25, 0.3) is 0 Å². The topological polar surface area (TPSA) is 65.0 Å².